The summed E-state index contributed by atoms with van der Waals surface area (Å²) in [5, 5.41) is 0.700. The standard InChI is InChI=1S/C13H17ClN4/c1-7(2)13-17-11(12(15)18(13)16)10-5-4-9(14)6-8(10)3/h4-7H,15-16H2,1-3H3. The van der Waals surface area contributed by atoms with E-state index in [-0.39, 0.29) is 5.92 Å². The number of halogens is 1. The molecule has 2 rings (SSSR count). The summed E-state index contributed by atoms with van der Waals surface area (Å²) in [6, 6.07) is 5.63. The first-order valence-corrected chi connectivity index (χ1v) is 6.19. The Bertz CT molecular complexity index is 587. The highest BCUT2D eigenvalue weighted by Crippen LogP contribution is 2.31. The molecule has 4 N–H and O–H groups in total. The van der Waals surface area contributed by atoms with Crippen LogP contribution >= 0.6 is 11.6 Å². The molecule has 0 aliphatic rings. The molecule has 1 aromatic carbocycles. The predicted octanol–water partition coefficient (Wildman–Crippen LogP) is 2.93. The van der Waals surface area contributed by atoms with E-state index >= 15 is 0 Å². The predicted molar refractivity (Wildman–Crippen MR) is 76.1 cm³/mol. The second-order valence-corrected chi connectivity index (χ2v) is 5.12. The first kappa shape index (κ1) is 12.8. The number of anilines is 1. The van der Waals surface area contributed by atoms with Crippen LogP contribution in [0.15, 0.2) is 18.2 Å². The zero-order chi connectivity index (χ0) is 13.4. The lowest BCUT2D eigenvalue weighted by molar-refractivity contribution is 0.739. The van der Waals surface area contributed by atoms with Crippen LogP contribution in [0, 0.1) is 6.92 Å². The minimum Gasteiger partial charge on any atom is -0.382 e. The van der Waals surface area contributed by atoms with E-state index in [2.05, 4.69) is 4.98 Å². The number of benzene rings is 1. The van der Waals surface area contributed by atoms with E-state index in [9.17, 15) is 0 Å². The van der Waals surface area contributed by atoms with Gasteiger partial charge in [-0.2, -0.15) is 0 Å². The molecule has 0 aliphatic heterocycles. The first-order chi connectivity index (χ1) is 8.41. The van der Waals surface area contributed by atoms with Gasteiger partial charge in [-0.1, -0.05) is 31.5 Å². The van der Waals surface area contributed by atoms with Crippen molar-refractivity contribution in [1.82, 2.24) is 9.66 Å². The average molecular weight is 265 g/mol. The van der Waals surface area contributed by atoms with Crippen molar-refractivity contribution in [2.24, 2.45) is 0 Å². The maximum atomic E-state index is 6.02. The van der Waals surface area contributed by atoms with Gasteiger partial charge in [0.05, 0.1) is 0 Å². The van der Waals surface area contributed by atoms with Gasteiger partial charge in [0.25, 0.3) is 0 Å². The molecule has 0 atom stereocenters. The molecule has 5 heteroatoms. The summed E-state index contributed by atoms with van der Waals surface area (Å²) >= 11 is 5.95. The monoisotopic (exact) mass is 264 g/mol. The normalized spacial score (nSPS) is 11.2. The number of aryl methyl sites for hydroxylation is 1. The highest BCUT2D eigenvalue weighted by Gasteiger charge is 2.17. The Morgan fingerprint density at radius 1 is 1.33 bits per heavy atom. The Kier molecular flexibility index (Phi) is 3.22. The molecule has 0 saturated carbocycles. The Balaban J connectivity index is 2.61. The lowest BCUT2D eigenvalue weighted by atomic mass is 10.1. The number of nitrogen functional groups attached to an aromatic ring is 2. The molecule has 0 radical (unpaired) electrons. The number of nitrogens with zero attached hydrogens (tertiary/aromatic N) is 2. The first-order valence-electron chi connectivity index (χ1n) is 5.81. The van der Waals surface area contributed by atoms with Crippen LogP contribution in [-0.4, -0.2) is 9.66 Å². The van der Waals surface area contributed by atoms with Crippen LogP contribution in [0.25, 0.3) is 11.3 Å². The summed E-state index contributed by atoms with van der Waals surface area (Å²) in [6.45, 7) is 6.04. The fourth-order valence-corrected chi connectivity index (χ4v) is 2.19. The van der Waals surface area contributed by atoms with E-state index < -0.39 is 0 Å². The van der Waals surface area contributed by atoms with Gasteiger partial charge >= 0.3 is 0 Å². The third-order valence-electron chi connectivity index (χ3n) is 2.94. The van der Waals surface area contributed by atoms with E-state index in [0.717, 1.165) is 22.6 Å². The quantitative estimate of drug-likeness (QED) is 0.820. The number of rotatable bonds is 2. The van der Waals surface area contributed by atoms with Crippen LogP contribution < -0.4 is 11.6 Å². The van der Waals surface area contributed by atoms with Gasteiger partial charge in [-0.3, -0.25) is 0 Å². The van der Waals surface area contributed by atoms with Crippen LogP contribution in [0.5, 0.6) is 0 Å². The molecule has 1 heterocycles. The summed E-state index contributed by atoms with van der Waals surface area (Å²) in [7, 11) is 0. The minimum atomic E-state index is 0.221. The van der Waals surface area contributed by atoms with Crippen molar-refractivity contribution in [3.63, 3.8) is 0 Å². The SMILES string of the molecule is Cc1cc(Cl)ccc1-c1nc(C(C)C)n(N)c1N. The van der Waals surface area contributed by atoms with Crippen molar-refractivity contribution in [2.45, 2.75) is 26.7 Å². The molecule has 4 nitrogen and oxygen atoms in total. The van der Waals surface area contributed by atoms with Gasteiger partial charge in [-0.15, -0.1) is 0 Å². The largest absolute Gasteiger partial charge is 0.382 e. The highest BCUT2D eigenvalue weighted by molar-refractivity contribution is 6.30. The van der Waals surface area contributed by atoms with Crippen molar-refractivity contribution < 1.29 is 0 Å². The fourth-order valence-electron chi connectivity index (χ4n) is 1.96. The van der Waals surface area contributed by atoms with Crippen LogP contribution in [0.4, 0.5) is 5.82 Å². The molecule has 0 spiro atoms. The third-order valence-corrected chi connectivity index (χ3v) is 3.17. The zero-order valence-electron chi connectivity index (χ0n) is 10.7. The summed E-state index contributed by atoms with van der Waals surface area (Å²) < 4.78 is 1.45. The second-order valence-electron chi connectivity index (χ2n) is 4.69. The van der Waals surface area contributed by atoms with Crippen LogP contribution in [0.1, 0.15) is 31.2 Å². The van der Waals surface area contributed by atoms with Crippen LogP contribution in [-0.2, 0) is 0 Å². The Morgan fingerprint density at radius 2 is 2.00 bits per heavy atom. The van der Waals surface area contributed by atoms with Crippen molar-refractivity contribution >= 4 is 17.4 Å². The van der Waals surface area contributed by atoms with Gasteiger partial charge in [0.15, 0.2) is 5.82 Å². The van der Waals surface area contributed by atoms with E-state index in [1.165, 1.54) is 4.68 Å². The van der Waals surface area contributed by atoms with Crippen molar-refractivity contribution in [2.75, 3.05) is 11.6 Å². The number of nitrogens with two attached hydrogens (primary N) is 2. The van der Waals surface area contributed by atoms with Gasteiger partial charge in [-0.25, -0.2) is 9.66 Å². The molecule has 0 fully saturated rings. The molecular weight excluding hydrogens is 248 g/mol. The molecule has 2 aromatic rings. The molecule has 0 bridgehead atoms. The Labute approximate surface area is 112 Å². The van der Waals surface area contributed by atoms with E-state index in [1.807, 2.05) is 39.0 Å². The van der Waals surface area contributed by atoms with Gasteiger partial charge < -0.3 is 11.6 Å². The van der Waals surface area contributed by atoms with Gasteiger partial charge in [0.1, 0.15) is 11.5 Å². The molecule has 0 unspecified atom stereocenters. The van der Waals surface area contributed by atoms with Crippen molar-refractivity contribution in [3.05, 3.63) is 34.6 Å². The summed E-state index contributed by atoms with van der Waals surface area (Å²) in [5.41, 5.74) is 8.73. The molecule has 18 heavy (non-hydrogen) atoms. The van der Waals surface area contributed by atoms with Crippen molar-refractivity contribution in [3.8, 4) is 11.3 Å². The van der Waals surface area contributed by atoms with E-state index in [1.54, 1.807) is 0 Å². The number of aromatic nitrogens is 2. The second kappa shape index (κ2) is 4.53. The minimum absolute atomic E-state index is 0.221. The van der Waals surface area contributed by atoms with Crippen molar-refractivity contribution in [1.29, 1.82) is 0 Å². The zero-order valence-corrected chi connectivity index (χ0v) is 11.5. The number of hydrogen-bond acceptors (Lipinski definition) is 3. The molecule has 0 amide bonds. The average Bonchev–Trinajstić information content (AvgIpc) is 2.57. The Hall–Kier alpha value is -1.68. The third kappa shape index (κ3) is 2.04. The maximum absolute atomic E-state index is 6.02. The lowest BCUT2D eigenvalue weighted by Gasteiger charge is -2.05. The van der Waals surface area contributed by atoms with Gasteiger partial charge in [-0.05, 0) is 24.6 Å². The number of imidazole rings is 1. The Morgan fingerprint density at radius 3 is 2.50 bits per heavy atom. The summed E-state index contributed by atoms with van der Waals surface area (Å²) in [6.07, 6.45) is 0. The van der Waals surface area contributed by atoms with Crippen LogP contribution in [0.2, 0.25) is 5.02 Å². The highest BCUT2D eigenvalue weighted by atomic mass is 35.5. The topological polar surface area (TPSA) is 69.9 Å². The molecule has 0 aliphatic carbocycles. The van der Waals surface area contributed by atoms with Gasteiger partial charge in [0, 0.05) is 16.5 Å². The van der Waals surface area contributed by atoms with Crippen LogP contribution in [0.3, 0.4) is 0 Å². The van der Waals surface area contributed by atoms with Gasteiger partial charge in [0.2, 0.25) is 0 Å². The molecule has 0 saturated heterocycles. The molecule has 1 aromatic heterocycles. The summed E-state index contributed by atoms with van der Waals surface area (Å²) in [4.78, 5) is 4.54. The number of hydrogen-bond donors (Lipinski definition) is 2. The summed E-state index contributed by atoms with van der Waals surface area (Å²) in [5.74, 6) is 7.40. The molecule has 96 valence electrons. The smallest absolute Gasteiger partial charge is 0.150 e. The van der Waals surface area contributed by atoms with E-state index in [0.29, 0.717) is 10.8 Å². The lowest BCUT2D eigenvalue weighted by Crippen LogP contribution is -2.16. The fraction of sp³-hybridized carbons (Fsp3) is 0.308. The maximum Gasteiger partial charge on any atom is 0.150 e. The molecular formula is C13H17ClN4. The van der Waals surface area contributed by atoms with E-state index in [4.69, 9.17) is 23.2 Å².